The minimum Gasteiger partial charge on any atom is -0.508 e. The molecule has 1 aromatic rings. The summed E-state index contributed by atoms with van der Waals surface area (Å²) >= 11 is 0. The van der Waals surface area contributed by atoms with Gasteiger partial charge in [-0.15, -0.1) is 0 Å². The second kappa shape index (κ2) is 10.3. The van der Waals surface area contributed by atoms with Gasteiger partial charge in [0.1, 0.15) is 5.75 Å². The lowest BCUT2D eigenvalue weighted by atomic mass is 9.77. The summed E-state index contributed by atoms with van der Waals surface area (Å²) in [6, 6.07) is 5.92. The first-order chi connectivity index (χ1) is 14.6. The fourth-order valence-electron chi connectivity index (χ4n) is 5.95. The molecule has 2 aliphatic carbocycles. The Balaban J connectivity index is 1.67. The predicted molar refractivity (Wildman–Crippen MR) is 129 cm³/mol. The van der Waals surface area contributed by atoms with Crippen LogP contribution in [0, 0.1) is 11.8 Å². The molecule has 6 unspecified atom stereocenters. The fraction of sp³-hybridized carbons (Fsp3) is 0.786. The zero-order valence-corrected chi connectivity index (χ0v) is 20.9. The average molecular weight is 431 g/mol. The molecule has 0 amide bonds. The van der Waals surface area contributed by atoms with Crippen LogP contribution in [0.3, 0.4) is 0 Å². The van der Waals surface area contributed by atoms with Crippen LogP contribution < -0.4 is 0 Å². The summed E-state index contributed by atoms with van der Waals surface area (Å²) in [6.07, 6.45) is 11.7. The molecule has 0 bridgehead atoms. The third-order valence-corrected chi connectivity index (χ3v) is 8.39. The molecule has 0 heterocycles. The van der Waals surface area contributed by atoms with Crippen LogP contribution in [0.15, 0.2) is 18.2 Å². The number of aromatic hydroxyl groups is 1. The van der Waals surface area contributed by atoms with Crippen molar-refractivity contribution in [1.82, 2.24) is 0 Å². The molecule has 0 aliphatic heterocycles. The summed E-state index contributed by atoms with van der Waals surface area (Å²) in [5.74, 6) is 1.57. The van der Waals surface area contributed by atoms with Crippen molar-refractivity contribution in [2.45, 2.75) is 129 Å². The van der Waals surface area contributed by atoms with Crippen LogP contribution in [-0.4, -0.2) is 28.5 Å². The molecule has 31 heavy (non-hydrogen) atoms. The van der Waals surface area contributed by atoms with Crippen molar-refractivity contribution >= 4 is 0 Å². The molecule has 3 rings (SSSR count). The molecule has 0 aromatic heterocycles. The van der Waals surface area contributed by atoms with Crippen molar-refractivity contribution in [3.63, 3.8) is 0 Å². The van der Waals surface area contributed by atoms with Crippen molar-refractivity contribution in [2.24, 2.45) is 11.8 Å². The highest BCUT2D eigenvalue weighted by atomic mass is 16.5. The van der Waals surface area contributed by atoms with Crippen LogP contribution in [0.4, 0.5) is 0 Å². The van der Waals surface area contributed by atoms with Gasteiger partial charge in [-0.25, -0.2) is 0 Å². The highest BCUT2D eigenvalue weighted by molar-refractivity contribution is 5.40. The van der Waals surface area contributed by atoms with Gasteiger partial charge in [0.25, 0.3) is 0 Å². The standard InChI is InChI=1S/C28H46O3/c1-20-12-7-9-16-27(20,5)30-22(3)18-24-14-11-15-26(29)25(24)19-23(4)31-28(6)17-10-8-13-21(28)2/h11,14-15,20-23,29H,7-10,12-13,16-19H2,1-6H3. The maximum Gasteiger partial charge on any atom is 0.119 e. The summed E-state index contributed by atoms with van der Waals surface area (Å²) in [5.41, 5.74) is 2.14. The lowest BCUT2D eigenvalue weighted by molar-refractivity contribution is -0.125. The van der Waals surface area contributed by atoms with Gasteiger partial charge in [0.2, 0.25) is 0 Å². The Morgan fingerprint density at radius 3 is 1.90 bits per heavy atom. The van der Waals surface area contributed by atoms with Gasteiger partial charge in [-0.3, -0.25) is 0 Å². The molecule has 3 nitrogen and oxygen atoms in total. The maximum atomic E-state index is 10.7. The van der Waals surface area contributed by atoms with E-state index in [0.717, 1.165) is 31.2 Å². The van der Waals surface area contributed by atoms with Gasteiger partial charge in [-0.05, 0) is 88.8 Å². The first kappa shape index (κ1) is 24.6. The van der Waals surface area contributed by atoms with E-state index >= 15 is 0 Å². The summed E-state index contributed by atoms with van der Waals surface area (Å²) in [4.78, 5) is 0. The monoisotopic (exact) mass is 430 g/mol. The molecule has 2 fully saturated rings. The maximum absolute atomic E-state index is 10.7. The van der Waals surface area contributed by atoms with Crippen molar-refractivity contribution in [2.75, 3.05) is 0 Å². The summed E-state index contributed by atoms with van der Waals surface area (Å²) in [5, 5.41) is 10.7. The molecular weight excluding hydrogens is 384 g/mol. The smallest absolute Gasteiger partial charge is 0.119 e. The number of benzene rings is 1. The average Bonchev–Trinajstić information content (AvgIpc) is 2.69. The Morgan fingerprint density at radius 2 is 1.39 bits per heavy atom. The minimum absolute atomic E-state index is 0.0310. The molecular formula is C28H46O3. The van der Waals surface area contributed by atoms with Gasteiger partial charge in [-0.2, -0.15) is 0 Å². The molecule has 6 atom stereocenters. The van der Waals surface area contributed by atoms with Gasteiger partial charge in [0.05, 0.1) is 23.4 Å². The summed E-state index contributed by atoms with van der Waals surface area (Å²) < 4.78 is 13.3. The Hall–Kier alpha value is -1.06. The second-order valence-corrected chi connectivity index (χ2v) is 11.1. The van der Waals surface area contributed by atoms with Gasteiger partial charge in [0, 0.05) is 6.42 Å². The van der Waals surface area contributed by atoms with Gasteiger partial charge in [-0.1, -0.05) is 51.7 Å². The summed E-state index contributed by atoms with van der Waals surface area (Å²) in [7, 11) is 0. The Bertz CT molecular complexity index is 716. The van der Waals surface area contributed by atoms with E-state index in [9.17, 15) is 5.11 Å². The van der Waals surface area contributed by atoms with Crippen LogP contribution in [0.25, 0.3) is 0 Å². The number of hydrogen-bond acceptors (Lipinski definition) is 3. The van der Waals surface area contributed by atoms with Crippen LogP contribution in [-0.2, 0) is 22.3 Å². The Morgan fingerprint density at radius 1 is 0.871 bits per heavy atom. The third-order valence-electron chi connectivity index (χ3n) is 8.39. The largest absolute Gasteiger partial charge is 0.508 e. The van der Waals surface area contributed by atoms with E-state index in [-0.39, 0.29) is 23.4 Å². The van der Waals surface area contributed by atoms with E-state index < -0.39 is 0 Å². The van der Waals surface area contributed by atoms with Crippen molar-refractivity contribution in [3.8, 4) is 5.75 Å². The van der Waals surface area contributed by atoms with Gasteiger partial charge in [0.15, 0.2) is 0 Å². The third kappa shape index (κ3) is 6.05. The van der Waals surface area contributed by atoms with Crippen molar-refractivity contribution in [1.29, 1.82) is 0 Å². The van der Waals surface area contributed by atoms with Crippen LogP contribution in [0.2, 0.25) is 0 Å². The first-order valence-electron chi connectivity index (χ1n) is 12.8. The SMILES string of the molecule is CC(Cc1cccc(O)c1CC(C)OC1(C)CCCCC1C)OC1(C)CCCCC1C. The number of phenols is 1. The highest BCUT2D eigenvalue weighted by Crippen LogP contribution is 2.39. The van der Waals surface area contributed by atoms with Crippen molar-refractivity contribution in [3.05, 3.63) is 29.3 Å². The number of hydrogen-bond donors (Lipinski definition) is 1. The number of rotatable bonds is 8. The van der Waals surface area contributed by atoms with Crippen LogP contribution in [0.1, 0.15) is 104 Å². The zero-order chi connectivity index (χ0) is 22.6. The zero-order valence-electron chi connectivity index (χ0n) is 20.9. The fourth-order valence-corrected chi connectivity index (χ4v) is 5.95. The first-order valence-corrected chi connectivity index (χ1v) is 12.8. The molecule has 2 saturated carbocycles. The Labute approximate surface area is 190 Å². The molecule has 0 spiro atoms. The number of phenolic OH excluding ortho intramolecular Hbond substituents is 1. The molecule has 2 aliphatic rings. The van der Waals surface area contributed by atoms with E-state index in [0.29, 0.717) is 17.6 Å². The molecule has 1 N–H and O–H groups in total. The quantitative estimate of drug-likeness (QED) is 0.473. The van der Waals surface area contributed by atoms with E-state index in [1.165, 1.54) is 44.1 Å². The lowest BCUT2D eigenvalue weighted by Crippen LogP contribution is -2.42. The second-order valence-electron chi connectivity index (χ2n) is 11.1. The molecule has 0 saturated heterocycles. The van der Waals surface area contributed by atoms with E-state index in [1.54, 1.807) is 0 Å². The lowest BCUT2D eigenvalue weighted by Gasteiger charge is -2.42. The van der Waals surface area contributed by atoms with Gasteiger partial charge >= 0.3 is 0 Å². The number of ether oxygens (including phenoxy) is 2. The minimum atomic E-state index is -0.0512. The molecule has 3 heteroatoms. The van der Waals surface area contributed by atoms with E-state index in [4.69, 9.17) is 9.47 Å². The van der Waals surface area contributed by atoms with E-state index in [1.807, 2.05) is 12.1 Å². The molecule has 0 radical (unpaired) electrons. The van der Waals surface area contributed by atoms with Crippen LogP contribution in [0.5, 0.6) is 5.75 Å². The van der Waals surface area contributed by atoms with E-state index in [2.05, 4.69) is 47.6 Å². The summed E-state index contributed by atoms with van der Waals surface area (Å²) in [6.45, 7) is 13.6. The molecule has 1 aromatic carbocycles. The normalized spacial score (nSPS) is 33.7. The van der Waals surface area contributed by atoms with Crippen LogP contribution >= 0.6 is 0 Å². The molecule has 176 valence electrons. The topological polar surface area (TPSA) is 38.7 Å². The van der Waals surface area contributed by atoms with Crippen molar-refractivity contribution < 1.29 is 14.6 Å². The Kier molecular flexibility index (Phi) is 8.13. The highest BCUT2D eigenvalue weighted by Gasteiger charge is 2.37. The predicted octanol–water partition coefficient (Wildman–Crippen LogP) is 7.23. The van der Waals surface area contributed by atoms with Gasteiger partial charge < -0.3 is 14.6 Å².